The Balaban J connectivity index is 2.18. The van der Waals surface area contributed by atoms with Gasteiger partial charge in [0.2, 0.25) is 5.95 Å². The Labute approximate surface area is 128 Å². The van der Waals surface area contributed by atoms with E-state index in [2.05, 4.69) is 9.97 Å². The number of nitrogens with two attached hydrogens (primary N) is 1. The molecule has 0 bridgehead atoms. The van der Waals surface area contributed by atoms with Crippen LogP contribution in [0.25, 0.3) is 22.3 Å². The molecule has 0 aliphatic heterocycles. The number of nitrogen functional groups attached to an aromatic ring is 1. The predicted molar refractivity (Wildman–Crippen MR) is 86.7 cm³/mol. The van der Waals surface area contributed by atoms with Crippen molar-refractivity contribution < 1.29 is 4.39 Å². The highest BCUT2D eigenvalue weighted by Gasteiger charge is 2.11. The Morgan fingerprint density at radius 3 is 2.41 bits per heavy atom. The second-order valence-electron chi connectivity index (χ2n) is 5.00. The molecule has 0 saturated carbocycles. The molecule has 0 radical (unpaired) electrons. The molecule has 3 rings (SSSR count). The summed E-state index contributed by atoms with van der Waals surface area (Å²) >= 11 is 0. The average molecular weight is 293 g/mol. The van der Waals surface area contributed by atoms with Crippen molar-refractivity contribution >= 4 is 5.82 Å². The van der Waals surface area contributed by atoms with Gasteiger partial charge in [0.25, 0.3) is 0 Å². The smallest absolute Gasteiger partial charge is 0.212 e. The Morgan fingerprint density at radius 2 is 1.73 bits per heavy atom. The largest absolute Gasteiger partial charge is 0.384 e. The van der Waals surface area contributed by atoms with E-state index in [0.29, 0.717) is 5.82 Å². The minimum atomic E-state index is -0.482. The molecule has 0 spiro atoms. The zero-order chi connectivity index (χ0) is 15.5. The van der Waals surface area contributed by atoms with Crippen molar-refractivity contribution in [3.63, 3.8) is 0 Å². The fraction of sp³-hybridized carbons (Fsp3) is 0.111. The van der Waals surface area contributed by atoms with Gasteiger partial charge in [-0.3, -0.25) is 0 Å². The summed E-state index contributed by atoms with van der Waals surface area (Å²) in [6.45, 7) is 2.05. The lowest BCUT2D eigenvalue weighted by Gasteiger charge is -2.13. The number of aryl methyl sites for hydroxylation is 1. The average Bonchev–Trinajstić information content (AvgIpc) is 2.55. The summed E-state index contributed by atoms with van der Waals surface area (Å²) in [6.07, 6.45) is 2.33. The van der Waals surface area contributed by atoms with Crippen molar-refractivity contribution in [2.75, 3.05) is 5.73 Å². The minimum absolute atomic E-state index is 0.482. The molecule has 0 aliphatic carbocycles. The number of pyridine rings is 2. The Bertz CT molecular complexity index is 798. The summed E-state index contributed by atoms with van der Waals surface area (Å²) in [5, 5.41) is 0. The fourth-order valence-corrected chi connectivity index (χ4v) is 2.54. The molecule has 2 aromatic heterocycles. The molecule has 0 fully saturated rings. The van der Waals surface area contributed by atoms with Gasteiger partial charge in [-0.2, -0.15) is 4.39 Å². The number of aromatic nitrogens is 2. The van der Waals surface area contributed by atoms with E-state index in [9.17, 15) is 4.39 Å². The highest BCUT2D eigenvalue weighted by Crippen LogP contribution is 2.33. The third-order valence-electron chi connectivity index (χ3n) is 3.59. The lowest BCUT2D eigenvalue weighted by atomic mass is 9.94. The van der Waals surface area contributed by atoms with E-state index in [1.807, 2.05) is 37.3 Å². The monoisotopic (exact) mass is 293 g/mol. The minimum Gasteiger partial charge on any atom is -0.384 e. The van der Waals surface area contributed by atoms with Gasteiger partial charge in [0.15, 0.2) is 0 Å². The van der Waals surface area contributed by atoms with Crippen LogP contribution in [0, 0.1) is 5.95 Å². The molecule has 4 heteroatoms. The number of anilines is 1. The highest BCUT2D eigenvalue weighted by molar-refractivity contribution is 5.84. The van der Waals surface area contributed by atoms with Gasteiger partial charge in [0.05, 0.1) is 5.69 Å². The number of benzene rings is 1. The predicted octanol–water partition coefficient (Wildman–Crippen LogP) is 4.09. The lowest BCUT2D eigenvalue weighted by Crippen LogP contribution is -1.98. The molecule has 0 unspecified atom stereocenters. The van der Waals surface area contributed by atoms with Crippen molar-refractivity contribution in [3.05, 3.63) is 66.4 Å². The van der Waals surface area contributed by atoms with Gasteiger partial charge in [-0.25, -0.2) is 9.97 Å². The maximum atomic E-state index is 13.1. The van der Waals surface area contributed by atoms with E-state index in [4.69, 9.17) is 5.73 Å². The number of hydrogen-bond acceptors (Lipinski definition) is 3. The van der Waals surface area contributed by atoms with E-state index in [-0.39, 0.29) is 0 Å². The first-order valence-electron chi connectivity index (χ1n) is 7.15. The van der Waals surface area contributed by atoms with E-state index < -0.39 is 5.95 Å². The van der Waals surface area contributed by atoms with Crippen LogP contribution in [0.4, 0.5) is 10.2 Å². The maximum Gasteiger partial charge on any atom is 0.212 e. The number of hydrogen-bond donors (Lipinski definition) is 1. The van der Waals surface area contributed by atoms with Crippen molar-refractivity contribution in [1.82, 2.24) is 9.97 Å². The first-order chi connectivity index (χ1) is 10.7. The third kappa shape index (κ3) is 2.68. The molecule has 3 nitrogen and oxygen atoms in total. The molecule has 0 amide bonds. The van der Waals surface area contributed by atoms with Crippen LogP contribution in [0.15, 0.2) is 54.7 Å². The van der Waals surface area contributed by atoms with Crippen molar-refractivity contribution in [2.45, 2.75) is 13.3 Å². The SMILES string of the molecule is CCc1nc(N)ccc1-c1ccccc1-c1ccc(F)nc1. The summed E-state index contributed by atoms with van der Waals surface area (Å²) in [6, 6.07) is 14.9. The van der Waals surface area contributed by atoms with Crippen molar-refractivity contribution in [1.29, 1.82) is 0 Å². The molecule has 2 heterocycles. The Hall–Kier alpha value is -2.75. The summed E-state index contributed by atoms with van der Waals surface area (Å²) in [5.41, 5.74) is 10.7. The molecule has 2 N–H and O–H groups in total. The maximum absolute atomic E-state index is 13.1. The molecule has 0 aliphatic rings. The number of rotatable bonds is 3. The molecular weight excluding hydrogens is 277 g/mol. The van der Waals surface area contributed by atoms with Gasteiger partial charge < -0.3 is 5.73 Å². The van der Waals surface area contributed by atoms with Crippen LogP contribution in [0.1, 0.15) is 12.6 Å². The zero-order valence-electron chi connectivity index (χ0n) is 12.3. The van der Waals surface area contributed by atoms with Gasteiger partial charge in [0.1, 0.15) is 5.82 Å². The van der Waals surface area contributed by atoms with E-state index >= 15 is 0 Å². The lowest BCUT2D eigenvalue weighted by molar-refractivity contribution is 0.584. The van der Waals surface area contributed by atoms with E-state index in [1.54, 1.807) is 18.3 Å². The van der Waals surface area contributed by atoms with E-state index in [0.717, 1.165) is 34.4 Å². The zero-order valence-corrected chi connectivity index (χ0v) is 12.3. The first-order valence-corrected chi connectivity index (χ1v) is 7.15. The second kappa shape index (κ2) is 5.93. The second-order valence-corrected chi connectivity index (χ2v) is 5.00. The quantitative estimate of drug-likeness (QED) is 0.740. The van der Waals surface area contributed by atoms with Crippen LogP contribution in [-0.4, -0.2) is 9.97 Å². The molecule has 22 heavy (non-hydrogen) atoms. The highest BCUT2D eigenvalue weighted by atomic mass is 19.1. The summed E-state index contributed by atoms with van der Waals surface area (Å²) in [4.78, 5) is 8.16. The van der Waals surface area contributed by atoms with Crippen LogP contribution in [0.3, 0.4) is 0 Å². The van der Waals surface area contributed by atoms with Crippen molar-refractivity contribution in [3.8, 4) is 22.3 Å². The van der Waals surface area contributed by atoms with Crippen LogP contribution in [0.5, 0.6) is 0 Å². The van der Waals surface area contributed by atoms with Crippen LogP contribution in [-0.2, 0) is 6.42 Å². The molecule has 0 saturated heterocycles. The van der Waals surface area contributed by atoms with E-state index in [1.165, 1.54) is 6.07 Å². The molecule has 110 valence electrons. The van der Waals surface area contributed by atoms with Gasteiger partial charge in [0, 0.05) is 17.3 Å². The third-order valence-corrected chi connectivity index (χ3v) is 3.59. The molecular formula is C18H16FN3. The van der Waals surface area contributed by atoms with Crippen LogP contribution < -0.4 is 5.73 Å². The first kappa shape index (κ1) is 14.2. The van der Waals surface area contributed by atoms with Gasteiger partial charge >= 0.3 is 0 Å². The fourth-order valence-electron chi connectivity index (χ4n) is 2.54. The summed E-state index contributed by atoms with van der Waals surface area (Å²) in [7, 11) is 0. The normalized spacial score (nSPS) is 10.6. The van der Waals surface area contributed by atoms with Crippen LogP contribution in [0.2, 0.25) is 0 Å². The number of halogens is 1. The summed E-state index contributed by atoms with van der Waals surface area (Å²) < 4.78 is 13.1. The standard InChI is InChI=1S/C18H16FN3/c1-2-16-15(8-10-18(20)22-16)14-6-4-3-5-13(14)12-7-9-17(19)21-11-12/h3-11H,2H2,1H3,(H2,20,22). The number of nitrogens with zero attached hydrogens (tertiary/aromatic N) is 2. The van der Waals surface area contributed by atoms with Gasteiger partial charge in [-0.05, 0) is 41.8 Å². The molecule has 1 aromatic carbocycles. The molecule has 3 aromatic rings. The van der Waals surface area contributed by atoms with Gasteiger partial charge in [-0.15, -0.1) is 0 Å². The molecule has 0 atom stereocenters. The Kier molecular flexibility index (Phi) is 3.83. The van der Waals surface area contributed by atoms with Crippen LogP contribution >= 0.6 is 0 Å². The van der Waals surface area contributed by atoms with Crippen molar-refractivity contribution in [2.24, 2.45) is 0 Å². The summed E-state index contributed by atoms with van der Waals surface area (Å²) in [5.74, 6) is 0.0335. The topological polar surface area (TPSA) is 51.8 Å². The van der Waals surface area contributed by atoms with Gasteiger partial charge in [-0.1, -0.05) is 31.2 Å². The Morgan fingerprint density at radius 1 is 0.955 bits per heavy atom.